The van der Waals surface area contributed by atoms with E-state index in [1.165, 1.54) is 45.0 Å². The molecule has 8 aromatic carbocycles. The molecule has 0 atom stereocenters. The third-order valence-electron chi connectivity index (χ3n) is 12.9. The van der Waals surface area contributed by atoms with Crippen LogP contribution in [-0.2, 0) is 10.8 Å². The average molecular weight is 779 g/mol. The summed E-state index contributed by atoms with van der Waals surface area (Å²) in [5.74, 6) is 0. The van der Waals surface area contributed by atoms with Gasteiger partial charge >= 0.3 is 0 Å². The van der Waals surface area contributed by atoms with Gasteiger partial charge in [-0.05, 0) is 94.0 Å². The molecule has 0 spiro atoms. The number of hydrogen-bond acceptors (Lipinski definition) is 4. The van der Waals surface area contributed by atoms with Gasteiger partial charge in [0.15, 0.2) is 5.43 Å². The fourth-order valence-electron chi connectivity index (χ4n) is 9.87. The zero-order chi connectivity index (χ0) is 40.0. The Morgan fingerprint density at radius 3 is 1.03 bits per heavy atom. The summed E-state index contributed by atoms with van der Waals surface area (Å²) in [7, 11) is 0. The van der Waals surface area contributed by atoms with Crippen molar-refractivity contribution in [3.05, 3.63) is 214 Å². The van der Waals surface area contributed by atoms with E-state index < -0.39 is 0 Å². The van der Waals surface area contributed by atoms with Gasteiger partial charge in [0.25, 0.3) is 0 Å². The maximum atomic E-state index is 14.8. The van der Waals surface area contributed by atoms with E-state index in [4.69, 9.17) is 0 Å². The molecule has 0 N–H and O–H groups in total. The summed E-state index contributed by atoms with van der Waals surface area (Å²) in [4.78, 5) is 19.6. The molecule has 0 aliphatic carbocycles. The molecule has 9 aromatic rings. The SMILES string of the molecule is CC1(C)c2ccccc2N(c2ccccc2-c2ccc3sc4ccc(-c5ccccc5N5c6ccccc6C(C)(C)c6ccccc65)cc4c(=O)c3c2)c2ccccc21. The maximum Gasteiger partial charge on any atom is 0.195 e. The van der Waals surface area contributed by atoms with Crippen LogP contribution in [0.3, 0.4) is 0 Å². The Morgan fingerprint density at radius 1 is 0.373 bits per heavy atom. The number of rotatable bonds is 4. The molecule has 0 unspecified atom stereocenters. The van der Waals surface area contributed by atoms with Gasteiger partial charge in [-0.25, -0.2) is 0 Å². The molecule has 0 bridgehead atoms. The van der Waals surface area contributed by atoms with E-state index in [2.05, 4.69) is 219 Å². The number of anilines is 6. The van der Waals surface area contributed by atoms with Crippen molar-refractivity contribution in [3.63, 3.8) is 0 Å². The molecular formula is C55H42N2OS. The molecule has 0 amide bonds. The van der Waals surface area contributed by atoms with Gasteiger partial charge in [-0.3, -0.25) is 4.79 Å². The van der Waals surface area contributed by atoms with Crippen molar-refractivity contribution < 1.29 is 0 Å². The molecule has 11 rings (SSSR count). The average Bonchev–Trinajstić information content (AvgIpc) is 3.27. The van der Waals surface area contributed by atoms with Crippen molar-refractivity contribution in [2.45, 2.75) is 38.5 Å². The quantitative estimate of drug-likeness (QED) is 0.166. The van der Waals surface area contributed by atoms with Crippen LogP contribution in [0.25, 0.3) is 42.4 Å². The van der Waals surface area contributed by atoms with E-state index in [0.717, 1.165) is 53.8 Å². The predicted octanol–water partition coefficient (Wildman–Crippen LogP) is 15.0. The van der Waals surface area contributed by atoms with Crippen LogP contribution < -0.4 is 15.2 Å². The Morgan fingerprint density at radius 2 is 0.678 bits per heavy atom. The van der Waals surface area contributed by atoms with E-state index in [1.54, 1.807) is 11.3 Å². The summed E-state index contributed by atoms with van der Waals surface area (Å²) in [6.45, 7) is 9.26. The second-order valence-corrected chi connectivity index (χ2v) is 18.0. The van der Waals surface area contributed by atoms with Crippen molar-refractivity contribution in [1.29, 1.82) is 0 Å². The lowest BCUT2D eigenvalue weighted by Gasteiger charge is -2.42. The van der Waals surface area contributed by atoms with Crippen LogP contribution in [0, 0.1) is 0 Å². The highest BCUT2D eigenvalue weighted by Gasteiger charge is 2.38. The Hall–Kier alpha value is -6.75. The first-order valence-electron chi connectivity index (χ1n) is 20.4. The minimum Gasteiger partial charge on any atom is -0.309 e. The van der Waals surface area contributed by atoms with Crippen LogP contribution in [0.2, 0.25) is 0 Å². The highest BCUT2D eigenvalue weighted by atomic mass is 32.1. The van der Waals surface area contributed by atoms with Crippen molar-refractivity contribution in [3.8, 4) is 22.3 Å². The molecule has 0 saturated heterocycles. The number of fused-ring (bicyclic) bond motifs is 6. The molecule has 0 saturated carbocycles. The van der Waals surface area contributed by atoms with E-state index in [0.29, 0.717) is 0 Å². The zero-order valence-corrected chi connectivity index (χ0v) is 34.3. The van der Waals surface area contributed by atoms with E-state index >= 15 is 0 Å². The highest BCUT2D eigenvalue weighted by molar-refractivity contribution is 7.24. The second-order valence-electron chi connectivity index (χ2n) is 16.9. The predicted molar refractivity (Wildman–Crippen MR) is 250 cm³/mol. The van der Waals surface area contributed by atoms with E-state index in [9.17, 15) is 4.79 Å². The minimum absolute atomic E-state index is 0.0539. The smallest absolute Gasteiger partial charge is 0.195 e. The third-order valence-corrected chi connectivity index (χ3v) is 14.0. The number of benzene rings is 8. The van der Waals surface area contributed by atoms with Crippen molar-refractivity contribution in [2.24, 2.45) is 0 Å². The molecule has 3 nitrogen and oxygen atoms in total. The molecule has 2 aliphatic rings. The Balaban J connectivity index is 1.05. The Kier molecular flexibility index (Phi) is 7.89. The fraction of sp³-hybridized carbons (Fsp3) is 0.109. The van der Waals surface area contributed by atoms with E-state index in [1.807, 2.05) is 0 Å². The van der Waals surface area contributed by atoms with Gasteiger partial charge in [0.1, 0.15) is 0 Å². The first kappa shape index (κ1) is 35.4. The van der Waals surface area contributed by atoms with Gasteiger partial charge in [0.05, 0.1) is 34.1 Å². The van der Waals surface area contributed by atoms with E-state index in [-0.39, 0.29) is 16.3 Å². The van der Waals surface area contributed by atoms with Gasteiger partial charge in [0, 0.05) is 42.1 Å². The number of hydrogen-bond donors (Lipinski definition) is 0. The van der Waals surface area contributed by atoms with Crippen LogP contribution in [0.1, 0.15) is 49.9 Å². The summed E-state index contributed by atoms with van der Waals surface area (Å²) < 4.78 is 1.97. The summed E-state index contributed by atoms with van der Waals surface area (Å²) in [5, 5.41) is 1.48. The van der Waals surface area contributed by atoms with Gasteiger partial charge in [0.2, 0.25) is 0 Å². The first-order valence-corrected chi connectivity index (χ1v) is 21.2. The van der Waals surface area contributed by atoms with Crippen molar-refractivity contribution in [2.75, 3.05) is 9.80 Å². The van der Waals surface area contributed by atoms with Gasteiger partial charge in [-0.15, -0.1) is 11.3 Å². The van der Waals surface area contributed by atoms with Crippen LogP contribution in [0.5, 0.6) is 0 Å². The highest BCUT2D eigenvalue weighted by Crippen LogP contribution is 2.55. The number of nitrogens with zero attached hydrogens (tertiary/aromatic N) is 2. The zero-order valence-electron chi connectivity index (χ0n) is 33.5. The van der Waals surface area contributed by atoms with Gasteiger partial charge < -0.3 is 9.80 Å². The lowest BCUT2D eigenvalue weighted by Crippen LogP contribution is -2.30. The molecule has 4 heteroatoms. The molecule has 0 fully saturated rings. The minimum atomic E-state index is -0.152. The summed E-state index contributed by atoms with van der Waals surface area (Å²) in [5.41, 5.74) is 16.0. The van der Waals surface area contributed by atoms with Gasteiger partial charge in [-0.2, -0.15) is 0 Å². The van der Waals surface area contributed by atoms with Crippen molar-refractivity contribution >= 4 is 65.6 Å². The largest absolute Gasteiger partial charge is 0.309 e. The summed E-state index contributed by atoms with van der Waals surface area (Å²) in [6, 6.07) is 65.0. The summed E-state index contributed by atoms with van der Waals surface area (Å²) in [6.07, 6.45) is 0. The summed E-state index contributed by atoms with van der Waals surface area (Å²) >= 11 is 1.68. The van der Waals surface area contributed by atoms with Crippen LogP contribution in [0.4, 0.5) is 34.1 Å². The van der Waals surface area contributed by atoms with Crippen molar-refractivity contribution in [1.82, 2.24) is 0 Å². The fourth-order valence-corrected chi connectivity index (χ4v) is 10.9. The lowest BCUT2D eigenvalue weighted by molar-refractivity contribution is 0.632. The third kappa shape index (κ3) is 5.29. The van der Waals surface area contributed by atoms with Crippen LogP contribution >= 0.6 is 11.3 Å². The molecule has 59 heavy (non-hydrogen) atoms. The van der Waals surface area contributed by atoms with Crippen LogP contribution in [0.15, 0.2) is 187 Å². The molecular weight excluding hydrogens is 737 g/mol. The first-order chi connectivity index (χ1) is 28.7. The van der Waals surface area contributed by atoms with Crippen LogP contribution in [-0.4, -0.2) is 0 Å². The Bertz CT molecular complexity index is 2920. The molecule has 3 heterocycles. The Labute approximate surface area is 349 Å². The monoisotopic (exact) mass is 778 g/mol. The second kappa shape index (κ2) is 13.1. The molecule has 1 aromatic heterocycles. The molecule has 2 aliphatic heterocycles. The number of para-hydroxylation sites is 6. The molecule has 284 valence electrons. The maximum absolute atomic E-state index is 14.8. The molecule has 0 radical (unpaired) electrons. The normalized spacial score (nSPS) is 14.7. The standard InChI is InChI=1S/C55H42N2OS/c1-54(2)41-19-7-13-25-47(41)56(48-26-14-8-20-42(48)54)45-23-11-5-17-37(45)35-29-31-51-39(33-35)53(58)40-34-36(30-32-52(40)59-51)38-18-6-12-24-46(38)57-49-27-15-9-21-43(49)55(3,4)44-22-10-16-28-50(44)57/h5-34H,1-4H3. The lowest BCUT2D eigenvalue weighted by atomic mass is 9.73. The topological polar surface area (TPSA) is 23.6 Å². The van der Waals surface area contributed by atoms with Gasteiger partial charge in [-0.1, -0.05) is 149 Å².